The first-order valence-electron chi connectivity index (χ1n) is 8.35. The largest absolute Gasteiger partial charge is 0.378 e. The fourth-order valence-corrected chi connectivity index (χ4v) is 2.48. The van der Waals surface area contributed by atoms with Gasteiger partial charge in [-0.2, -0.15) is 4.80 Å². The highest BCUT2D eigenvalue weighted by Crippen LogP contribution is 2.18. The molecule has 7 nitrogen and oxygen atoms in total. The van der Waals surface area contributed by atoms with E-state index in [-0.39, 0.29) is 12.5 Å². The molecule has 0 aliphatic carbocycles. The Bertz CT molecular complexity index is 914. The maximum absolute atomic E-state index is 12.2. The maximum atomic E-state index is 12.2. The fourth-order valence-electron chi connectivity index (χ4n) is 2.48. The molecule has 1 aromatic heterocycles. The van der Waals surface area contributed by atoms with Crippen molar-refractivity contribution in [3.63, 3.8) is 0 Å². The van der Waals surface area contributed by atoms with Crippen LogP contribution in [0.2, 0.25) is 0 Å². The quantitative estimate of drug-likeness (QED) is 0.766. The van der Waals surface area contributed by atoms with Crippen molar-refractivity contribution >= 4 is 17.3 Å². The van der Waals surface area contributed by atoms with Crippen LogP contribution in [0.4, 0.5) is 11.4 Å². The van der Waals surface area contributed by atoms with Crippen molar-refractivity contribution in [2.45, 2.75) is 20.4 Å². The molecule has 2 aromatic carbocycles. The van der Waals surface area contributed by atoms with Crippen molar-refractivity contribution < 1.29 is 4.79 Å². The number of nitrogens with zero attached hydrogens (tertiary/aromatic N) is 5. The Balaban J connectivity index is 1.65. The zero-order valence-corrected chi connectivity index (χ0v) is 15.4. The Labute approximate surface area is 152 Å². The van der Waals surface area contributed by atoms with Gasteiger partial charge in [-0.1, -0.05) is 6.07 Å². The Kier molecular flexibility index (Phi) is 4.97. The number of anilines is 2. The summed E-state index contributed by atoms with van der Waals surface area (Å²) < 4.78 is 0. The summed E-state index contributed by atoms with van der Waals surface area (Å²) in [6, 6.07) is 13.7. The molecule has 0 spiro atoms. The van der Waals surface area contributed by atoms with Crippen molar-refractivity contribution in [2.24, 2.45) is 0 Å². The van der Waals surface area contributed by atoms with Gasteiger partial charge in [0.05, 0.1) is 0 Å². The molecule has 3 rings (SSSR count). The van der Waals surface area contributed by atoms with E-state index in [1.165, 1.54) is 10.4 Å². The van der Waals surface area contributed by atoms with E-state index in [4.69, 9.17) is 0 Å². The normalized spacial score (nSPS) is 10.6. The molecule has 1 heterocycles. The van der Waals surface area contributed by atoms with E-state index in [1.54, 1.807) is 0 Å². The van der Waals surface area contributed by atoms with Crippen LogP contribution >= 0.6 is 0 Å². The molecule has 0 saturated heterocycles. The topological polar surface area (TPSA) is 75.9 Å². The summed E-state index contributed by atoms with van der Waals surface area (Å²) in [6.45, 7) is 4.06. The lowest BCUT2D eigenvalue weighted by atomic mass is 10.1. The molecule has 134 valence electrons. The minimum absolute atomic E-state index is 0.00963. The lowest BCUT2D eigenvalue weighted by Gasteiger charge is -2.11. The van der Waals surface area contributed by atoms with E-state index in [0.29, 0.717) is 5.82 Å². The predicted molar refractivity (Wildman–Crippen MR) is 102 cm³/mol. The molecule has 3 aromatic rings. The second-order valence-corrected chi connectivity index (χ2v) is 6.43. The number of carbonyl (C=O) groups excluding carboxylic acids is 1. The predicted octanol–water partition coefficient (Wildman–Crippen LogP) is 2.66. The lowest BCUT2D eigenvalue weighted by molar-refractivity contribution is -0.117. The van der Waals surface area contributed by atoms with Gasteiger partial charge in [0.15, 0.2) is 0 Å². The van der Waals surface area contributed by atoms with Gasteiger partial charge in [-0.25, -0.2) is 0 Å². The van der Waals surface area contributed by atoms with Crippen molar-refractivity contribution in [1.29, 1.82) is 0 Å². The monoisotopic (exact) mass is 350 g/mol. The molecule has 0 radical (unpaired) electrons. The van der Waals surface area contributed by atoms with Crippen LogP contribution in [0.5, 0.6) is 0 Å². The molecule has 1 N–H and O–H groups in total. The number of tetrazole rings is 1. The van der Waals surface area contributed by atoms with Crippen LogP contribution in [-0.4, -0.2) is 40.2 Å². The third kappa shape index (κ3) is 4.05. The second kappa shape index (κ2) is 7.35. The highest BCUT2D eigenvalue weighted by molar-refractivity contribution is 5.90. The van der Waals surface area contributed by atoms with E-state index in [0.717, 1.165) is 22.5 Å². The summed E-state index contributed by atoms with van der Waals surface area (Å²) in [5.41, 5.74) is 5.03. The summed E-state index contributed by atoms with van der Waals surface area (Å²) in [5, 5.41) is 15.1. The highest BCUT2D eigenvalue weighted by Gasteiger charge is 2.10. The first kappa shape index (κ1) is 17.6. The Morgan fingerprint density at radius 1 is 1.08 bits per heavy atom. The van der Waals surface area contributed by atoms with Gasteiger partial charge in [0.1, 0.15) is 6.54 Å². The average Bonchev–Trinajstić information content (AvgIpc) is 3.06. The van der Waals surface area contributed by atoms with E-state index in [1.807, 2.05) is 75.3 Å². The standard InChI is InChI=1S/C19H22N6O/c1-13-5-8-16(11-14(13)2)20-18(26)12-25-22-19(21-23-25)15-6-9-17(10-7-15)24(3)4/h5-11H,12H2,1-4H3,(H,20,26). The van der Waals surface area contributed by atoms with Crippen molar-refractivity contribution in [1.82, 2.24) is 20.2 Å². The molecule has 0 bridgehead atoms. The zero-order valence-electron chi connectivity index (χ0n) is 15.4. The summed E-state index contributed by atoms with van der Waals surface area (Å²) in [7, 11) is 3.97. The number of nitrogens with one attached hydrogen (secondary N) is 1. The van der Waals surface area contributed by atoms with Gasteiger partial charge < -0.3 is 10.2 Å². The number of hydrogen-bond acceptors (Lipinski definition) is 5. The lowest BCUT2D eigenvalue weighted by Crippen LogP contribution is -2.20. The number of amides is 1. The molecular formula is C19H22N6O. The molecule has 26 heavy (non-hydrogen) atoms. The number of aromatic nitrogens is 4. The van der Waals surface area contributed by atoms with Crippen molar-refractivity contribution in [3.05, 3.63) is 53.6 Å². The first-order valence-corrected chi connectivity index (χ1v) is 8.35. The summed E-state index contributed by atoms with van der Waals surface area (Å²) in [4.78, 5) is 15.5. The Morgan fingerprint density at radius 3 is 2.46 bits per heavy atom. The highest BCUT2D eigenvalue weighted by atomic mass is 16.2. The van der Waals surface area contributed by atoms with Gasteiger partial charge in [-0.15, -0.1) is 10.2 Å². The van der Waals surface area contributed by atoms with Gasteiger partial charge >= 0.3 is 0 Å². The van der Waals surface area contributed by atoms with E-state index >= 15 is 0 Å². The van der Waals surface area contributed by atoms with Crippen LogP contribution in [0.15, 0.2) is 42.5 Å². The minimum Gasteiger partial charge on any atom is -0.378 e. The third-order valence-electron chi connectivity index (χ3n) is 4.17. The smallest absolute Gasteiger partial charge is 0.248 e. The number of hydrogen-bond donors (Lipinski definition) is 1. The number of rotatable bonds is 5. The van der Waals surface area contributed by atoms with E-state index in [2.05, 4.69) is 20.7 Å². The van der Waals surface area contributed by atoms with Gasteiger partial charge in [-0.05, 0) is 66.6 Å². The summed E-state index contributed by atoms with van der Waals surface area (Å²) in [6.07, 6.45) is 0. The van der Waals surface area contributed by atoms with Crippen LogP contribution in [0.25, 0.3) is 11.4 Å². The van der Waals surface area contributed by atoms with Crippen LogP contribution in [-0.2, 0) is 11.3 Å². The molecule has 0 unspecified atom stereocenters. The number of benzene rings is 2. The van der Waals surface area contributed by atoms with Crippen molar-refractivity contribution in [3.8, 4) is 11.4 Å². The molecule has 0 fully saturated rings. The molecular weight excluding hydrogens is 328 g/mol. The molecule has 1 amide bonds. The van der Waals surface area contributed by atoms with Crippen LogP contribution in [0.1, 0.15) is 11.1 Å². The maximum Gasteiger partial charge on any atom is 0.248 e. The summed E-state index contributed by atoms with van der Waals surface area (Å²) in [5.74, 6) is 0.300. The molecule has 0 saturated carbocycles. The zero-order chi connectivity index (χ0) is 18.7. The van der Waals surface area contributed by atoms with Gasteiger partial charge in [0.2, 0.25) is 11.7 Å². The minimum atomic E-state index is -0.194. The van der Waals surface area contributed by atoms with Crippen molar-refractivity contribution in [2.75, 3.05) is 24.3 Å². The van der Waals surface area contributed by atoms with E-state index < -0.39 is 0 Å². The van der Waals surface area contributed by atoms with E-state index in [9.17, 15) is 4.79 Å². The van der Waals surface area contributed by atoms with Crippen LogP contribution < -0.4 is 10.2 Å². The SMILES string of the molecule is Cc1ccc(NC(=O)Cn2nnc(-c3ccc(N(C)C)cc3)n2)cc1C. The van der Waals surface area contributed by atoms with Gasteiger partial charge in [0, 0.05) is 31.0 Å². The fraction of sp³-hybridized carbons (Fsp3) is 0.263. The summed E-state index contributed by atoms with van der Waals surface area (Å²) >= 11 is 0. The molecule has 0 aliphatic rings. The third-order valence-corrected chi connectivity index (χ3v) is 4.17. The number of aryl methyl sites for hydroxylation is 2. The second-order valence-electron chi connectivity index (χ2n) is 6.43. The van der Waals surface area contributed by atoms with Gasteiger partial charge in [-0.3, -0.25) is 4.79 Å². The molecule has 7 heteroatoms. The molecule has 0 atom stereocenters. The first-order chi connectivity index (χ1) is 12.4. The number of carbonyl (C=O) groups is 1. The average molecular weight is 350 g/mol. The van der Waals surface area contributed by atoms with Crippen LogP contribution in [0.3, 0.4) is 0 Å². The Morgan fingerprint density at radius 2 is 1.81 bits per heavy atom. The molecule has 0 aliphatic heterocycles. The van der Waals surface area contributed by atoms with Gasteiger partial charge in [0.25, 0.3) is 0 Å². The Hall–Kier alpha value is -3.22. The van der Waals surface area contributed by atoms with Crippen LogP contribution in [0, 0.1) is 13.8 Å².